The summed E-state index contributed by atoms with van der Waals surface area (Å²) in [5, 5.41) is 7.75. The summed E-state index contributed by atoms with van der Waals surface area (Å²) in [4.78, 5) is 3.93. The van der Waals surface area contributed by atoms with Crippen molar-refractivity contribution in [3.8, 4) is 0 Å². The van der Waals surface area contributed by atoms with Gasteiger partial charge in [-0.2, -0.15) is 0 Å². The molecule has 0 atom stereocenters. The molecule has 1 heterocycles. The largest absolute Gasteiger partial charge is 0.372 e. The number of aromatic nitrogens is 1. The minimum atomic E-state index is -3.75. The summed E-state index contributed by atoms with van der Waals surface area (Å²) in [6.07, 6.45) is 1.52. The molecule has 7 heteroatoms. The van der Waals surface area contributed by atoms with Crippen LogP contribution < -0.4 is 10.5 Å². The van der Waals surface area contributed by atoms with Gasteiger partial charge in [0.2, 0.25) is 10.0 Å². The number of rotatable bonds is 2. The summed E-state index contributed by atoms with van der Waals surface area (Å²) >= 11 is 3.19. The third-order valence-electron chi connectivity index (χ3n) is 1.74. The maximum Gasteiger partial charge on any atom is 0.242 e. The summed E-state index contributed by atoms with van der Waals surface area (Å²) in [7, 11) is -2.17. The van der Waals surface area contributed by atoms with Gasteiger partial charge in [0.1, 0.15) is 10.7 Å². The molecule has 0 unspecified atom stereocenters. The fraction of sp³-hybridized carbons (Fsp3) is 0.286. The van der Waals surface area contributed by atoms with Crippen molar-refractivity contribution in [1.29, 1.82) is 0 Å². The second-order valence-electron chi connectivity index (χ2n) is 2.70. The number of hydrogen-bond donors (Lipinski definition) is 2. The summed E-state index contributed by atoms with van der Waals surface area (Å²) in [5.74, 6) is 0.258. The number of hydrogen-bond acceptors (Lipinski definition) is 4. The highest BCUT2D eigenvalue weighted by molar-refractivity contribution is 9.10. The Morgan fingerprint density at radius 2 is 2.14 bits per heavy atom. The molecule has 5 nitrogen and oxygen atoms in total. The fourth-order valence-electron chi connectivity index (χ4n) is 1.09. The highest BCUT2D eigenvalue weighted by Crippen LogP contribution is 2.27. The smallest absolute Gasteiger partial charge is 0.242 e. The van der Waals surface area contributed by atoms with Crippen LogP contribution in [0.15, 0.2) is 15.6 Å². The van der Waals surface area contributed by atoms with Crippen LogP contribution in [-0.4, -0.2) is 20.4 Å². The number of nitrogens with one attached hydrogen (secondary N) is 1. The van der Waals surface area contributed by atoms with Crippen LogP contribution in [0.25, 0.3) is 0 Å². The summed E-state index contributed by atoms with van der Waals surface area (Å²) in [6.45, 7) is 1.66. The number of nitrogens with two attached hydrogens (primary N) is 1. The Morgan fingerprint density at radius 1 is 1.57 bits per heavy atom. The van der Waals surface area contributed by atoms with E-state index in [0.29, 0.717) is 10.0 Å². The molecular formula is C7H10BrN3O2S. The van der Waals surface area contributed by atoms with Crippen LogP contribution >= 0.6 is 15.9 Å². The second kappa shape index (κ2) is 3.84. The first-order valence-electron chi connectivity index (χ1n) is 3.73. The molecule has 0 aliphatic rings. The van der Waals surface area contributed by atoms with E-state index in [-0.39, 0.29) is 10.7 Å². The average Bonchev–Trinajstić information content (AvgIpc) is 2.07. The predicted molar refractivity (Wildman–Crippen MR) is 57.6 cm³/mol. The van der Waals surface area contributed by atoms with E-state index >= 15 is 0 Å². The van der Waals surface area contributed by atoms with Gasteiger partial charge < -0.3 is 5.32 Å². The third-order valence-corrected chi connectivity index (χ3v) is 3.61. The monoisotopic (exact) mass is 279 g/mol. The summed E-state index contributed by atoms with van der Waals surface area (Å²) < 4.78 is 23.1. The minimum Gasteiger partial charge on any atom is -0.372 e. The first-order valence-corrected chi connectivity index (χ1v) is 6.07. The van der Waals surface area contributed by atoms with Crippen LogP contribution in [0, 0.1) is 6.92 Å². The molecule has 0 saturated carbocycles. The molecule has 0 fully saturated rings. The molecule has 0 radical (unpaired) electrons. The maximum atomic E-state index is 11.3. The zero-order valence-electron chi connectivity index (χ0n) is 7.70. The molecule has 0 aromatic carbocycles. The third kappa shape index (κ3) is 2.05. The molecule has 0 aliphatic carbocycles. The van der Waals surface area contributed by atoms with Crippen molar-refractivity contribution in [3.63, 3.8) is 0 Å². The number of anilines is 1. The van der Waals surface area contributed by atoms with Crippen molar-refractivity contribution >= 4 is 31.8 Å². The first-order chi connectivity index (χ1) is 6.38. The molecule has 0 spiro atoms. The Morgan fingerprint density at radius 3 is 2.57 bits per heavy atom. The molecule has 78 valence electrons. The Balaban J connectivity index is 3.60. The van der Waals surface area contributed by atoms with E-state index in [1.165, 1.54) is 6.20 Å². The van der Waals surface area contributed by atoms with Gasteiger partial charge in [-0.3, -0.25) is 0 Å². The number of nitrogens with zero attached hydrogens (tertiary/aromatic N) is 1. The number of sulfonamides is 1. The van der Waals surface area contributed by atoms with E-state index in [9.17, 15) is 8.42 Å². The lowest BCUT2D eigenvalue weighted by atomic mass is 10.3. The normalized spacial score (nSPS) is 11.4. The standard InChI is InChI=1S/C7H10BrN3O2S/c1-4-5(8)3-11-7(10-2)6(4)14(9,12)13/h3H,1-2H3,(H,10,11)(H2,9,12,13). The van der Waals surface area contributed by atoms with Gasteiger partial charge in [0.25, 0.3) is 0 Å². The lowest BCUT2D eigenvalue weighted by molar-refractivity contribution is 0.597. The molecule has 3 N–H and O–H groups in total. The van der Waals surface area contributed by atoms with Crippen molar-refractivity contribution in [2.24, 2.45) is 5.14 Å². The van der Waals surface area contributed by atoms with Crippen molar-refractivity contribution in [3.05, 3.63) is 16.2 Å². The number of primary sulfonamides is 1. The van der Waals surface area contributed by atoms with Crippen molar-refractivity contribution in [2.45, 2.75) is 11.8 Å². The molecule has 0 bridgehead atoms. The van der Waals surface area contributed by atoms with Gasteiger partial charge in [-0.1, -0.05) is 0 Å². The SMILES string of the molecule is CNc1ncc(Br)c(C)c1S(N)(=O)=O. The molecule has 0 aliphatic heterocycles. The van der Waals surface area contributed by atoms with E-state index in [4.69, 9.17) is 5.14 Å². The lowest BCUT2D eigenvalue weighted by Gasteiger charge is -2.10. The van der Waals surface area contributed by atoms with E-state index in [1.54, 1.807) is 14.0 Å². The zero-order chi connectivity index (χ0) is 10.9. The number of halogens is 1. The zero-order valence-corrected chi connectivity index (χ0v) is 10.1. The maximum absolute atomic E-state index is 11.3. The molecule has 0 saturated heterocycles. The Labute approximate surface area is 90.9 Å². The molecule has 1 rings (SSSR count). The van der Waals surface area contributed by atoms with Crippen molar-refractivity contribution in [1.82, 2.24) is 4.98 Å². The van der Waals surface area contributed by atoms with Crippen LogP contribution in [0.5, 0.6) is 0 Å². The molecule has 1 aromatic rings. The van der Waals surface area contributed by atoms with Gasteiger partial charge in [0.05, 0.1) is 0 Å². The first kappa shape index (κ1) is 11.4. The molecular weight excluding hydrogens is 270 g/mol. The summed E-state index contributed by atoms with van der Waals surface area (Å²) in [5.41, 5.74) is 0.548. The highest BCUT2D eigenvalue weighted by Gasteiger charge is 2.19. The van der Waals surface area contributed by atoms with Crippen LogP contribution in [0.1, 0.15) is 5.56 Å². The van der Waals surface area contributed by atoms with E-state index in [2.05, 4.69) is 26.2 Å². The second-order valence-corrected chi connectivity index (χ2v) is 5.06. The average molecular weight is 280 g/mol. The molecule has 14 heavy (non-hydrogen) atoms. The van der Waals surface area contributed by atoms with Crippen LogP contribution in [-0.2, 0) is 10.0 Å². The van der Waals surface area contributed by atoms with Gasteiger partial charge in [0.15, 0.2) is 0 Å². The lowest BCUT2D eigenvalue weighted by Crippen LogP contribution is -2.17. The Hall–Kier alpha value is -0.660. The highest BCUT2D eigenvalue weighted by atomic mass is 79.9. The molecule has 1 aromatic heterocycles. The quantitative estimate of drug-likeness (QED) is 0.840. The Bertz CT molecular complexity index is 458. The van der Waals surface area contributed by atoms with Gasteiger partial charge in [-0.15, -0.1) is 0 Å². The van der Waals surface area contributed by atoms with Gasteiger partial charge in [-0.25, -0.2) is 18.5 Å². The van der Waals surface area contributed by atoms with E-state index in [0.717, 1.165) is 0 Å². The topological polar surface area (TPSA) is 85.1 Å². The van der Waals surface area contributed by atoms with Crippen molar-refractivity contribution < 1.29 is 8.42 Å². The van der Waals surface area contributed by atoms with E-state index in [1.807, 2.05) is 0 Å². The van der Waals surface area contributed by atoms with Crippen LogP contribution in [0.3, 0.4) is 0 Å². The van der Waals surface area contributed by atoms with Gasteiger partial charge in [-0.05, 0) is 28.4 Å². The Kier molecular flexibility index (Phi) is 3.13. The van der Waals surface area contributed by atoms with Gasteiger partial charge in [0, 0.05) is 17.7 Å². The number of pyridine rings is 1. The van der Waals surface area contributed by atoms with Crippen LogP contribution in [0.2, 0.25) is 0 Å². The fourth-order valence-corrected chi connectivity index (χ4v) is 2.48. The minimum absolute atomic E-state index is 0.0226. The van der Waals surface area contributed by atoms with Crippen molar-refractivity contribution in [2.75, 3.05) is 12.4 Å². The van der Waals surface area contributed by atoms with Gasteiger partial charge >= 0.3 is 0 Å². The predicted octanol–water partition coefficient (Wildman–Crippen LogP) is 0.842. The molecule has 0 amide bonds. The summed E-state index contributed by atoms with van der Waals surface area (Å²) in [6, 6.07) is 0. The van der Waals surface area contributed by atoms with E-state index < -0.39 is 10.0 Å². The van der Waals surface area contributed by atoms with Crippen LogP contribution in [0.4, 0.5) is 5.82 Å².